The van der Waals surface area contributed by atoms with Crippen LogP contribution in [0.4, 0.5) is 5.69 Å². The summed E-state index contributed by atoms with van der Waals surface area (Å²) in [5.74, 6) is 0.409. The van der Waals surface area contributed by atoms with Crippen LogP contribution in [0.5, 0.6) is 5.75 Å². The Morgan fingerprint density at radius 2 is 2.36 bits per heavy atom. The van der Waals surface area contributed by atoms with Crippen LogP contribution in [0.1, 0.15) is 11.1 Å². The van der Waals surface area contributed by atoms with Crippen molar-refractivity contribution in [2.45, 2.75) is 13.3 Å². The smallest absolute Gasteiger partial charge is 0.135 e. The fourth-order valence-electron chi connectivity index (χ4n) is 2.17. The molecule has 0 saturated carbocycles. The number of hydrogen-bond donors (Lipinski definition) is 2. The summed E-state index contributed by atoms with van der Waals surface area (Å²) in [4.78, 5) is 0. The van der Waals surface area contributed by atoms with Gasteiger partial charge in [-0.2, -0.15) is 0 Å². The number of hydrogen-bond acceptors (Lipinski definition) is 3. The molecule has 14 heavy (non-hydrogen) atoms. The maximum atomic E-state index is 9.82. The number of aryl methyl sites for hydroxylation is 1. The van der Waals surface area contributed by atoms with E-state index < -0.39 is 0 Å². The molecule has 0 radical (unpaired) electrons. The van der Waals surface area contributed by atoms with Crippen LogP contribution in [-0.2, 0) is 6.42 Å². The van der Waals surface area contributed by atoms with E-state index in [4.69, 9.17) is 0 Å². The number of fused-ring (bicyclic) bond motifs is 3. The van der Waals surface area contributed by atoms with E-state index in [1.807, 2.05) is 6.07 Å². The second kappa shape index (κ2) is 2.64. The lowest BCUT2D eigenvalue weighted by atomic mass is 10.0. The average Bonchev–Trinajstić information content (AvgIpc) is 2.71. The van der Waals surface area contributed by atoms with Crippen molar-refractivity contribution in [3.63, 3.8) is 0 Å². The van der Waals surface area contributed by atoms with Crippen LogP contribution in [0.15, 0.2) is 11.4 Å². The van der Waals surface area contributed by atoms with Gasteiger partial charge < -0.3 is 10.4 Å². The zero-order valence-corrected chi connectivity index (χ0v) is 8.74. The number of phenols is 1. The molecule has 0 saturated heterocycles. The normalized spacial score (nSPS) is 14.4. The third kappa shape index (κ3) is 0.904. The molecule has 0 aliphatic carbocycles. The zero-order chi connectivity index (χ0) is 9.71. The van der Waals surface area contributed by atoms with Crippen LogP contribution < -0.4 is 5.32 Å². The second-order valence-electron chi connectivity index (χ2n) is 3.72. The van der Waals surface area contributed by atoms with Crippen LogP contribution in [-0.4, -0.2) is 11.7 Å². The zero-order valence-electron chi connectivity index (χ0n) is 7.92. The van der Waals surface area contributed by atoms with Gasteiger partial charge in [-0.05, 0) is 29.9 Å². The SMILES string of the molecule is Cc1csc2c(O)cc3c(c12)CCN3. The summed E-state index contributed by atoms with van der Waals surface area (Å²) in [6, 6.07) is 1.85. The average molecular weight is 205 g/mol. The van der Waals surface area contributed by atoms with Crippen LogP contribution in [0.25, 0.3) is 10.1 Å². The Labute approximate surface area is 86.2 Å². The molecular weight excluding hydrogens is 194 g/mol. The predicted octanol–water partition coefficient (Wildman–Crippen LogP) is 2.88. The van der Waals surface area contributed by atoms with E-state index in [0.29, 0.717) is 5.75 Å². The van der Waals surface area contributed by atoms with Crippen LogP contribution in [0.2, 0.25) is 0 Å². The molecule has 0 atom stereocenters. The molecule has 0 bridgehead atoms. The topological polar surface area (TPSA) is 32.3 Å². The molecule has 1 aromatic carbocycles. The van der Waals surface area contributed by atoms with Gasteiger partial charge in [0.15, 0.2) is 0 Å². The Morgan fingerprint density at radius 1 is 1.50 bits per heavy atom. The highest BCUT2D eigenvalue weighted by Gasteiger charge is 2.18. The standard InChI is InChI=1S/C11H11NOS/c1-6-5-14-11-9(13)4-8-7(10(6)11)2-3-12-8/h4-5,12-13H,2-3H2,1H3. The number of rotatable bonds is 0. The molecule has 0 unspecified atom stereocenters. The van der Waals surface area contributed by atoms with Crippen molar-refractivity contribution in [2.75, 3.05) is 11.9 Å². The molecule has 2 nitrogen and oxygen atoms in total. The molecule has 2 aromatic rings. The van der Waals surface area contributed by atoms with Gasteiger partial charge in [-0.15, -0.1) is 11.3 Å². The summed E-state index contributed by atoms with van der Waals surface area (Å²) in [5.41, 5.74) is 3.76. The van der Waals surface area contributed by atoms with Gasteiger partial charge in [0.25, 0.3) is 0 Å². The van der Waals surface area contributed by atoms with Crippen LogP contribution in [0.3, 0.4) is 0 Å². The summed E-state index contributed by atoms with van der Waals surface area (Å²) < 4.78 is 1.03. The maximum Gasteiger partial charge on any atom is 0.135 e. The molecule has 1 aliphatic rings. The first kappa shape index (κ1) is 8.12. The van der Waals surface area contributed by atoms with E-state index >= 15 is 0 Å². The minimum Gasteiger partial charge on any atom is -0.506 e. The number of thiophene rings is 1. The van der Waals surface area contributed by atoms with Crippen molar-refractivity contribution in [3.8, 4) is 5.75 Å². The molecule has 1 aromatic heterocycles. The predicted molar refractivity (Wildman–Crippen MR) is 60.4 cm³/mol. The molecule has 1 aliphatic heterocycles. The van der Waals surface area contributed by atoms with E-state index in [-0.39, 0.29) is 0 Å². The van der Waals surface area contributed by atoms with Crippen LogP contribution in [0, 0.1) is 6.92 Å². The van der Waals surface area contributed by atoms with E-state index in [2.05, 4.69) is 17.6 Å². The van der Waals surface area contributed by atoms with E-state index in [1.165, 1.54) is 16.5 Å². The van der Waals surface area contributed by atoms with E-state index in [1.54, 1.807) is 11.3 Å². The molecular formula is C11H11NOS. The van der Waals surface area contributed by atoms with E-state index in [9.17, 15) is 5.11 Å². The van der Waals surface area contributed by atoms with Gasteiger partial charge in [0, 0.05) is 23.7 Å². The molecule has 0 spiro atoms. The Hall–Kier alpha value is -1.22. The monoisotopic (exact) mass is 205 g/mol. The maximum absolute atomic E-state index is 9.82. The number of nitrogens with one attached hydrogen (secondary N) is 1. The highest BCUT2D eigenvalue weighted by Crippen LogP contribution is 2.41. The summed E-state index contributed by atoms with van der Waals surface area (Å²) >= 11 is 1.63. The Kier molecular flexibility index (Phi) is 1.53. The lowest BCUT2D eigenvalue weighted by Crippen LogP contribution is -1.90. The largest absolute Gasteiger partial charge is 0.506 e. The molecule has 3 rings (SSSR count). The van der Waals surface area contributed by atoms with Crippen LogP contribution >= 0.6 is 11.3 Å². The lowest BCUT2D eigenvalue weighted by molar-refractivity contribution is 0.483. The first-order valence-corrected chi connectivity index (χ1v) is 5.62. The Bertz CT molecular complexity index is 515. The lowest BCUT2D eigenvalue weighted by Gasteiger charge is -2.04. The molecule has 2 N–H and O–H groups in total. The quantitative estimate of drug-likeness (QED) is 0.693. The number of benzene rings is 1. The summed E-state index contributed by atoms with van der Waals surface area (Å²) in [6.07, 6.45) is 1.07. The highest BCUT2D eigenvalue weighted by atomic mass is 32.1. The van der Waals surface area contributed by atoms with Crippen molar-refractivity contribution in [1.82, 2.24) is 0 Å². The van der Waals surface area contributed by atoms with Gasteiger partial charge in [0.2, 0.25) is 0 Å². The van der Waals surface area contributed by atoms with Crippen molar-refractivity contribution < 1.29 is 5.11 Å². The van der Waals surface area contributed by atoms with Gasteiger partial charge in [-0.25, -0.2) is 0 Å². The van der Waals surface area contributed by atoms with E-state index in [0.717, 1.165) is 23.4 Å². The third-order valence-corrected chi connectivity index (χ3v) is 3.93. The summed E-state index contributed by atoms with van der Waals surface area (Å²) in [6.45, 7) is 3.10. The highest BCUT2D eigenvalue weighted by molar-refractivity contribution is 7.17. The van der Waals surface area contributed by atoms with Gasteiger partial charge in [0.1, 0.15) is 5.75 Å². The first-order valence-electron chi connectivity index (χ1n) is 4.74. The molecule has 0 fully saturated rings. The molecule has 3 heteroatoms. The van der Waals surface area contributed by atoms with Gasteiger partial charge in [0.05, 0.1) is 4.70 Å². The number of aromatic hydroxyl groups is 1. The Morgan fingerprint density at radius 3 is 3.21 bits per heavy atom. The Balaban J connectivity index is 2.50. The number of anilines is 1. The van der Waals surface area contributed by atoms with Crippen molar-refractivity contribution in [2.24, 2.45) is 0 Å². The van der Waals surface area contributed by atoms with Gasteiger partial charge in [-0.1, -0.05) is 0 Å². The molecule has 72 valence electrons. The molecule has 0 amide bonds. The van der Waals surface area contributed by atoms with Gasteiger partial charge >= 0.3 is 0 Å². The number of phenolic OH excluding ortho intramolecular Hbond substituents is 1. The van der Waals surface area contributed by atoms with Crippen molar-refractivity contribution >= 4 is 27.1 Å². The third-order valence-electron chi connectivity index (χ3n) is 2.81. The fourth-order valence-corrected chi connectivity index (χ4v) is 3.17. The first-order chi connectivity index (χ1) is 6.77. The van der Waals surface area contributed by atoms with Crippen molar-refractivity contribution in [3.05, 3.63) is 22.6 Å². The minimum atomic E-state index is 0.409. The van der Waals surface area contributed by atoms with Gasteiger partial charge in [-0.3, -0.25) is 0 Å². The minimum absolute atomic E-state index is 0.409. The summed E-state index contributed by atoms with van der Waals surface area (Å²) in [7, 11) is 0. The summed E-state index contributed by atoms with van der Waals surface area (Å²) in [5, 5.41) is 16.5. The fraction of sp³-hybridized carbons (Fsp3) is 0.273. The second-order valence-corrected chi connectivity index (χ2v) is 4.60. The van der Waals surface area contributed by atoms with Crippen molar-refractivity contribution in [1.29, 1.82) is 0 Å². The molecule has 2 heterocycles.